The highest BCUT2D eigenvalue weighted by Gasteiger charge is 2.44. The van der Waals surface area contributed by atoms with Gasteiger partial charge in [0.25, 0.3) is 0 Å². The van der Waals surface area contributed by atoms with Crippen LogP contribution in [0.5, 0.6) is 0 Å². The first-order chi connectivity index (χ1) is 9.01. The van der Waals surface area contributed by atoms with Gasteiger partial charge in [-0.2, -0.15) is 0 Å². The van der Waals surface area contributed by atoms with Crippen molar-refractivity contribution in [2.75, 3.05) is 20.3 Å². The maximum atomic E-state index is 11.2. The minimum absolute atomic E-state index is 0.240. The molecule has 0 spiro atoms. The average molecular weight is 277 g/mol. The van der Waals surface area contributed by atoms with Gasteiger partial charge in [0.15, 0.2) is 6.29 Å². The van der Waals surface area contributed by atoms with Gasteiger partial charge in [-0.25, -0.2) is 4.79 Å². The number of nitrogens with one attached hydrogen (secondary N) is 1. The van der Waals surface area contributed by atoms with Crippen molar-refractivity contribution in [3.8, 4) is 0 Å². The molecule has 0 bridgehead atoms. The predicted molar refractivity (Wildman–Crippen MR) is 63.2 cm³/mol. The summed E-state index contributed by atoms with van der Waals surface area (Å²) in [6.45, 7) is 3.35. The standard InChI is InChI=1S/C11H19NO7/c1-3-4-12-11(16)18-5-6-7(13)8(14)9(17-2)10(15)19-6/h3,6-10,13-15H,1,4-5H2,2H3,(H,12,16)/t6-,7-,8+,9-,10+/m1/s1. The van der Waals surface area contributed by atoms with Gasteiger partial charge in [0, 0.05) is 13.7 Å². The first-order valence-electron chi connectivity index (χ1n) is 5.75. The molecule has 0 unspecified atom stereocenters. The zero-order valence-electron chi connectivity index (χ0n) is 10.6. The van der Waals surface area contributed by atoms with E-state index in [-0.39, 0.29) is 13.2 Å². The van der Waals surface area contributed by atoms with Gasteiger partial charge in [0.2, 0.25) is 0 Å². The van der Waals surface area contributed by atoms with Gasteiger partial charge >= 0.3 is 6.09 Å². The molecule has 1 heterocycles. The van der Waals surface area contributed by atoms with Crippen LogP contribution in [-0.4, -0.2) is 72.4 Å². The van der Waals surface area contributed by atoms with E-state index in [0.29, 0.717) is 0 Å². The van der Waals surface area contributed by atoms with E-state index < -0.39 is 36.8 Å². The van der Waals surface area contributed by atoms with Crippen molar-refractivity contribution in [3.05, 3.63) is 12.7 Å². The van der Waals surface area contributed by atoms with Crippen molar-refractivity contribution in [2.45, 2.75) is 30.7 Å². The highest BCUT2D eigenvalue weighted by Crippen LogP contribution is 2.22. The van der Waals surface area contributed by atoms with Crippen molar-refractivity contribution < 1.29 is 34.3 Å². The number of carbonyl (C=O) groups excluding carboxylic acids is 1. The molecule has 1 amide bonds. The van der Waals surface area contributed by atoms with Crippen LogP contribution in [0.25, 0.3) is 0 Å². The highest BCUT2D eigenvalue weighted by atomic mass is 16.7. The second kappa shape index (κ2) is 7.41. The summed E-state index contributed by atoms with van der Waals surface area (Å²) in [6.07, 6.45) is -5.41. The summed E-state index contributed by atoms with van der Waals surface area (Å²) in [5.41, 5.74) is 0. The number of methoxy groups -OCH3 is 1. The van der Waals surface area contributed by atoms with Gasteiger partial charge in [-0.15, -0.1) is 6.58 Å². The number of amides is 1. The summed E-state index contributed by atoms with van der Waals surface area (Å²) in [5, 5.41) is 31.4. The third-order valence-corrected chi connectivity index (χ3v) is 2.70. The first-order valence-corrected chi connectivity index (χ1v) is 5.75. The Balaban J connectivity index is 2.46. The Hall–Kier alpha value is -1.19. The molecular weight excluding hydrogens is 258 g/mol. The van der Waals surface area contributed by atoms with Crippen LogP contribution in [0.15, 0.2) is 12.7 Å². The van der Waals surface area contributed by atoms with Crippen LogP contribution in [0.2, 0.25) is 0 Å². The summed E-state index contributed by atoms with van der Waals surface area (Å²) in [7, 11) is 1.27. The molecule has 1 saturated heterocycles. The topological polar surface area (TPSA) is 117 Å². The lowest BCUT2D eigenvalue weighted by molar-refractivity contribution is -0.291. The molecule has 8 heteroatoms. The molecular formula is C11H19NO7. The first kappa shape index (κ1) is 15.9. The number of hydrogen-bond donors (Lipinski definition) is 4. The van der Waals surface area contributed by atoms with Gasteiger partial charge in [0.1, 0.15) is 31.0 Å². The smallest absolute Gasteiger partial charge is 0.407 e. The minimum Gasteiger partial charge on any atom is -0.447 e. The Bertz CT molecular complexity index is 311. The molecule has 1 fully saturated rings. The number of hydrogen-bond acceptors (Lipinski definition) is 7. The molecule has 0 saturated carbocycles. The van der Waals surface area contributed by atoms with E-state index >= 15 is 0 Å². The van der Waals surface area contributed by atoms with Gasteiger partial charge in [-0.05, 0) is 0 Å². The molecule has 5 atom stereocenters. The number of aliphatic hydroxyl groups excluding tert-OH is 3. The van der Waals surface area contributed by atoms with Gasteiger partial charge in [0.05, 0.1) is 0 Å². The lowest BCUT2D eigenvalue weighted by Crippen LogP contribution is -2.59. The van der Waals surface area contributed by atoms with Crippen LogP contribution >= 0.6 is 0 Å². The summed E-state index contributed by atoms with van der Waals surface area (Å²) in [5.74, 6) is 0. The van der Waals surface area contributed by atoms with E-state index in [1.807, 2.05) is 0 Å². The lowest BCUT2D eigenvalue weighted by atomic mass is 9.99. The van der Waals surface area contributed by atoms with Crippen LogP contribution in [0.1, 0.15) is 0 Å². The van der Waals surface area contributed by atoms with Crippen LogP contribution < -0.4 is 5.32 Å². The summed E-state index contributed by atoms with van der Waals surface area (Å²) < 4.78 is 14.6. The average Bonchev–Trinajstić information content (AvgIpc) is 2.39. The maximum Gasteiger partial charge on any atom is 0.407 e. The van der Waals surface area contributed by atoms with Crippen LogP contribution in [0.3, 0.4) is 0 Å². The van der Waals surface area contributed by atoms with Gasteiger partial charge in [-0.1, -0.05) is 6.08 Å². The van der Waals surface area contributed by atoms with E-state index in [1.54, 1.807) is 0 Å². The number of carbonyl (C=O) groups is 1. The fourth-order valence-electron chi connectivity index (χ4n) is 1.68. The fraction of sp³-hybridized carbons (Fsp3) is 0.727. The van der Waals surface area contributed by atoms with E-state index in [4.69, 9.17) is 14.2 Å². The summed E-state index contributed by atoms with van der Waals surface area (Å²) >= 11 is 0. The zero-order valence-corrected chi connectivity index (χ0v) is 10.6. The van der Waals surface area contributed by atoms with Crippen molar-refractivity contribution in [2.24, 2.45) is 0 Å². The summed E-state index contributed by atoms with van der Waals surface area (Å²) in [4.78, 5) is 11.2. The zero-order chi connectivity index (χ0) is 14.4. The Kier molecular flexibility index (Phi) is 6.19. The molecule has 0 aromatic heterocycles. The van der Waals surface area contributed by atoms with E-state index in [2.05, 4.69) is 11.9 Å². The Morgan fingerprint density at radius 3 is 2.68 bits per heavy atom. The molecule has 8 nitrogen and oxygen atoms in total. The Morgan fingerprint density at radius 2 is 2.11 bits per heavy atom. The van der Waals surface area contributed by atoms with E-state index in [1.165, 1.54) is 13.2 Å². The quantitative estimate of drug-likeness (QED) is 0.445. The molecule has 1 aliphatic heterocycles. The normalized spacial score (nSPS) is 34.6. The second-order valence-electron chi connectivity index (χ2n) is 4.01. The Labute approximate surface area is 110 Å². The van der Waals surface area contributed by atoms with Gasteiger partial charge < -0.3 is 34.8 Å². The van der Waals surface area contributed by atoms with Crippen molar-refractivity contribution in [1.29, 1.82) is 0 Å². The largest absolute Gasteiger partial charge is 0.447 e. The van der Waals surface area contributed by atoms with E-state index in [9.17, 15) is 20.1 Å². The Morgan fingerprint density at radius 1 is 1.42 bits per heavy atom. The molecule has 19 heavy (non-hydrogen) atoms. The molecule has 0 aliphatic carbocycles. The monoisotopic (exact) mass is 277 g/mol. The molecule has 110 valence electrons. The number of ether oxygens (including phenoxy) is 3. The predicted octanol–water partition coefficient (Wildman–Crippen LogP) is -1.65. The number of alkyl carbamates (subject to hydrolysis) is 1. The maximum absolute atomic E-state index is 11.2. The number of aliphatic hydroxyl groups is 3. The van der Waals surface area contributed by atoms with E-state index in [0.717, 1.165) is 0 Å². The molecule has 4 N–H and O–H groups in total. The third-order valence-electron chi connectivity index (χ3n) is 2.70. The summed E-state index contributed by atoms with van der Waals surface area (Å²) in [6, 6.07) is 0. The molecule has 0 aromatic rings. The van der Waals surface area contributed by atoms with Crippen molar-refractivity contribution in [1.82, 2.24) is 5.32 Å². The van der Waals surface area contributed by atoms with Crippen LogP contribution in [-0.2, 0) is 14.2 Å². The van der Waals surface area contributed by atoms with Crippen LogP contribution in [0.4, 0.5) is 4.79 Å². The van der Waals surface area contributed by atoms with Crippen molar-refractivity contribution >= 4 is 6.09 Å². The van der Waals surface area contributed by atoms with Gasteiger partial charge in [-0.3, -0.25) is 0 Å². The third kappa shape index (κ3) is 4.15. The fourth-order valence-corrected chi connectivity index (χ4v) is 1.68. The SMILES string of the molecule is C=CCNC(=O)OC[C@H]1O[C@H](O)[C@H](OC)[C@@H](O)[C@@H]1O. The van der Waals surface area contributed by atoms with Crippen LogP contribution in [0, 0.1) is 0 Å². The molecule has 1 aliphatic rings. The molecule has 0 radical (unpaired) electrons. The lowest BCUT2D eigenvalue weighted by Gasteiger charge is -2.39. The van der Waals surface area contributed by atoms with Crippen molar-refractivity contribution in [3.63, 3.8) is 0 Å². The number of rotatable bonds is 5. The molecule has 1 rings (SSSR count). The molecule has 0 aromatic carbocycles. The second-order valence-corrected chi connectivity index (χ2v) is 4.01. The highest BCUT2D eigenvalue weighted by molar-refractivity contribution is 5.67. The minimum atomic E-state index is -1.41.